The number of hydrogen-bond acceptors (Lipinski definition) is 4. The molecule has 1 amide bonds. The maximum absolute atomic E-state index is 12.1. The third-order valence-electron chi connectivity index (χ3n) is 2.85. The van der Waals surface area contributed by atoms with Crippen LogP contribution in [0.25, 0.3) is 0 Å². The summed E-state index contributed by atoms with van der Waals surface area (Å²) in [5, 5.41) is 22.0. The van der Waals surface area contributed by atoms with Gasteiger partial charge in [-0.3, -0.25) is 4.79 Å². The van der Waals surface area contributed by atoms with Crippen molar-refractivity contribution in [3.05, 3.63) is 47.5 Å². The lowest BCUT2D eigenvalue weighted by Crippen LogP contribution is -2.12. The van der Waals surface area contributed by atoms with E-state index in [9.17, 15) is 15.0 Å². The molecule has 0 aliphatic rings. The Morgan fingerprint density at radius 1 is 1.30 bits per heavy atom. The first-order chi connectivity index (χ1) is 9.52. The van der Waals surface area contributed by atoms with E-state index in [-0.39, 0.29) is 22.8 Å². The number of aromatic hydroxyl groups is 2. The second kappa shape index (κ2) is 5.52. The molecule has 20 heavy (non-hydrogen) atoms. The zero-order chi connectivity index (χ0) is 14.7. The summed E-state index contributed by atoms with van der Waals surface area (Å²) in [6.07, 6.45) is 0. The van der Waals surface area contributed by atoms with Gasteiger partial charge in [0, 0.05) is 5.69 Å². The predicted octanol–water partition coefficient (Wildman–Crippen LogP) is 2.47. The number of carbonyl (C=O) groups is 1. The van der Waals surface area contributed by atoms with Crippen molar-refractivity contribution in [2.24, 2.45) is 0 Å². The molecule has 1 radical (unpaired) electrons. The quantitative estimate of drug-likeness (QED) is 0.750. The van der Waals surface area contributed by atoms with E-state index in [1.54, 1.807) is 19.1 Å². The van der Waals surface area contributed by atoms with Crippen LogP contribution in [0.2, 0.25) is 0 Å². The minimum Gasteiger partial charge on any atom is -0.508 e. The molecule has 0 aliphatic carbocycles. The van der Waals surface area contributed by atoms with E-state index in [2.05, 4.69) is 11.4 Å². The largest absolute Gasteiger partial charge is 0.508 e. The van der Waals surface area contributed by atoms with Gasteiger partial charge in [0.15, 0.2) is 11.5 Å². The number of aryl methyl sites for hydroxylation is 1. The van der Waals surface area contributed by atoms with E-state index >= 15 is 0 Å². The summed E-state index contributed by atoms with van der Waals surface area (Å²) in [5.74, 6) is -0.387. The molecule has 2 rings (SSSR count). The summed E-state index contributed by atoms with van der Waals surface area (Å²) in [7, 11) is 1.40. The molecule has 103 valence electrons. The molecule has 0 saturated carbocycles. The highest BCUT2D eigenvalue weighted by molar-refractivity contribution is 6.06. The molecule has 0 atom stereocenters. The Labute approximate surface area is 116 Å². The van der Waals surface area contributed by atoms with Crippen LogP contribution in [-0.4, -0.2) is 23.2 Å². The molecule has 3 N–H and O–H groups in total. The van der Waals surface area contributed by atoms with Crippen molar-refractivity contribution in [1.82, 2.24) is 0 Å². The van der Waals surface area contributed by atoms with Crippen molar-refractivity contribution in [1.29, 1.82) is 0 Å². The first-order valence-electron chi connectivity index (χ1n) is 5.91. The second-order valence-corrected chi connectivity index (χ2v) is 4.24. The fourth-order valence-corrected chi connectivity index (χ4v) is 1.73. The number of carbonyl (C=O) groups excluding carboxylic acids is 1. The van der Waals surface area contributed by atoms with Gasteiger partial charge in [0.1, 0.15) is 5.75 Å². The zero-order valence-corrected chi connectivity index (χ0v) is 11.1. The van der Waals surface area contributed by atoms with E-state index in [0.29, 0.717) is 11.3 Å². The minimum absolute atomic E-state index is 0.0649. The molecule has 5 heteroatoms. The number of methoxy groups -OCH3 is 1. The van der Waals surface area contributed by atoms with Crippen LogP contribution in [0, 0.1) is 13.0 Å². The number of hydrogen-bond donors (Lipinski definition) is 3. The summed E-state index contributed by atoms with van der Waals surface area (Å²) < 4.78 is 4.93. The number of anilines is 1. The van der Waals surface area contributed by atoms with Gasteiger partial charge in [-0.25, -0.2) is 0 Å². The van der Waals surface area contributed by atoms with E-state index in [1.165, 1.54) is 25.3 Å². The van der Waals surface area contributed by atoms with E-state index < -0.39 is 5.91 Å². The van der Waals surface area contributed by atoms with Crippen LogP contribution in [0.1, 0.15) is 15.9 Å². The maximum atomic E-state index is 12.1. The van der Waals surface area contributed by atoms with Crippen LogP contribution in [0.3, 0.4) is 0 Å². The zero-order valence-electron chi connectivity index (χ0n) is 11.1. The van der Waals surface area contributed by atoms with Crippen LogP contribution in [0.15, 0.2) is 30.3 Å². The van der Waals surface area contributed by atoms with Gasteiger partial charge in [-0.05, 0) is 48.9 Å². The average molecular weight is 272 g/mol. The molecular formula is C15H14NO4. The molecule has 0 spiro atoms. The van der Waals surface area contributed by atoms with Crippen molar-refractivity contribution in [2.75, 3.05) is 12.4 Å². The number of phenolic OH excluding ortho intramolecular Hbond substituents is 2. The average Bonchev–Trinajstić information content (AvgIpc) is 2.43. The number of ether oxygens (including phenoxy) is 1. The molecule has 0 fully saturated rings. The van der Waals surface area contributed by atoms with Crippen molar-refractivity contribution >= 4 is 11.6 Å². The lowest BCUT2D eigenvalue weighted by atomic mass is 10.1. The topological polar surface area (TPSA) is 78.8 Å². The predicted molar refractivity (Wildman–Crippen MR) is 74.3 cm³/mol. The maximum Gasteiger partial charge on any atom is 0.259 e. The third kappa shape index (κ3) is 2.66. The van der Waals surface area contributed by atoms with Crippen molar-refractivity contribution in [2.45, 2.75) is 6.92 Å². The molecule has 0 unspecified atom stereocenters. The van der Waals surface area contributed by atoms with Crippen molar-refractivity contribution in [3.8, 4) is 17.2 Å². The van der Waals surface area contributed by atoms with Gasteiger partial charge < -0.3 is 20.3 Å². The number of benzene rings is 2. The summed E-state index contributed by atoms with van der Waals surface area (Å²) in [6, 6.07) is 10.2. The van der Waals surface area contributed by atoms with E-state index in [1.807, 2.05) is 0 Å². The monoisotopic (exact) mass is 272 g/mol. The number of nitrogens with one attached hydrogen (secondary N) is 1. The van der Waals surface area contributed by atoms with Gasteiger partial charge in [0.05, 0.1) is 12.7 Å². The smallest absolute Gasteiger partial charge is 0.259 e. The summed E-state index contributed by atoms with van der Waals surface area (Å²) in [6.45, 7) is 1.72. The van der Waals surface area contributed by atoms with Crippen LogP contribution in [-0.2, 0) is 0 Å². The molecule has 0 saturated heterocycles. The Kier molecular flexibility index (Phi) is 3.79. The van der Waals surface area contributed by atoms with Crippen molar-refractivity contribution in [3.63, 3.8) is 0 Å². The highest BCUT2D eigenvalue weighted by Crippen LogP contribution is 2.30. The van der Waals surface area contributed by atoms with Gasteiger partial charge in [0.25, 0.3) is 5.91 Å². The van der Waals surface area contributed by atoms with Crippen LogP contribution in [0.4, 0.5) is 5.69 Å². The molecule has 0 aromatic heterocycles. The molecule has 2 aromatic rings. The van der Waals surface area contributed by atoms with Crippen molar-refractivity contribution < 1.29 is 19.7 Å². The van der Waals surface area contributed by atoms with Gasteiger partial charge in [-0.2, -0.15) is 0 Å². The van der Waals surface area contributed by atoms with Crippen LogP contribution in [0.5, 0.6) is 17.2 Å². The first kappa shape index (κ1) is 13.7. The Hall–Kier alpha value is -2.69. The third-order valence-corrected chi connectivity index (χ3v) is 2.85. The normalized spacial score (nSPS) is 10.1. The summed E-state index contributed by atoms with van der Waals surface area (Å²) in [5.41, 5.74) is 1.23. The standard InChI is InChI=1S/C15H14NO4/c1-9-8-10(6-7-12(9)17)16-15(19)11-4-3-5-13(20-2)14(11)18/h4-8,17-18H,1-2H3,(H,16,19). The fraction of sp³-hybridized carbons (Fsp3) is 0.133. The number of rotatable bonds is 3. The molecular weight excluding hydrogens is 258 g/mol. The molecule has 0 bridgehead atoms. The summed E-state index contributed by atoms with van der Waals surface area (Å²) >= 11 is 0. The Bertz CT molecular complexity index is 652. The Balaban J connectivity index is 2.26. The Morgan fingerprint density at radius 2 is 2.05 bits per heavy atom. The van der Waals surface area contributed by atoms with E-state index in [4.69, 9.17) is 4.74 Å². The molecule has 0 aliphatic heterocycles. The lowest BCUT2D eigenvalue weighted by Gasteiger charge is -2.10. The van der Waals surface area contributed by atoms with Gasteiger partial charge in [-0.15, -0.1) is 0 Å². The summed E-state index contributed by atoms with van der Waals surface area (Å²) in [4.78, 5) is 12.1. The second-order valence-electron chi connectivity index (χ2n) is 4.24. The SMILES string of the molecule is COc1c[c]cc(C(=O)Nc2ccc(O)c(C)c2)c1O. The van der Waals surface area contributed by atoms with Gasteiger partial charge in [0.2, 0.25) is 0 Å². The fourth-order valence-electron chi connectivity index (χ4n) is 1.73. The van der Waals surface area contributed by atoms with E-state index in [0.717, 1.165) is 0 Å². The first-order valence-corrected chi connectivity index (χ1v) is 5.91. The molecule has 5 nitrogen and oxygen atoms in total. The molecule has 2 aromatic carbocycles. The van der Waals surface area contributed by atoms with Crippen LogP contribution < -0.4 is 10.1 Å². The van der Waals surface area contributed by atoms with Gasteiger partial charge >= 0.3 is 0 Å². The highest BCUT2D eigenvalue weighted by Gasteiger charge is 2.15. The highest BCUT2D eigenvalue weighted by atomic mass is 16.5. The lowest BCUT2D eigenvalue weighted by molar-refractivity contribution is 0.102. The van der Waals surface area contributed by atoms with Gasteiger partial charge in [-0.1, -0.05) is 0 Å². The van der Waals surface area contributed by atoms with Crippen LogP contribution >= 0.6 is 0 Å². The number of phenols is 2. The number of amides is 1. The Morgan fingerprint density at radius 3 is 2.70 bits per heavy atom. The minimum atomic E-state index is -0.484. The molecule has 0 heterocycles.